The van der Waals surface area contributed by atoms with Crippen LogP contribution in [0.4, 0.5) is 0 Å². The van der Waals surface area contributed by atoms with Crippen LogP contribution in [0.15, 0.2) is 30.6 Å². The lowest BCUT2D eigenvalue weighted by Gasteiger charge is -2.33. The molecule has 20 heavy (non-hydrogen) atoms. The molecule has 1 atom stereocenters. The number of carbonyl (C=O) groups is 1. The number of amides is 1. The number of rotatable bonds is 3. The molecule has 0 aliphatic carbocycles. The predicted octanol–water partition coefficient (Wildman–Crippen LogP) is 0.374. The van der Waals surface area contributed by atoms with Gasteiger partial charge in [0, 0.05) is 44.9 Å². The van der Waals surface area contributed by atoms with Gasteiger partial charge in [0.05, 0.1) is 0 Å². The fourth-order valence-electron chi connectivity index (χ4n) is 2.52. The molecule has 1 aromatic heterocycles. The van der Waals surface area contributed by atoms with Crippen LogP contribution in [0.1, 0.15) is 12.8 Å². The molecule has 106 valence electrons. The van der Waals surface area contributed by atoms with Crippen LogP contribution in [0.25, 0.3) is 0 Å². The van der Waals surface area contributed by atoms with Crippen molar-refractivity contribution < 1.29 is 9.53 Å². The van der Waals surface area contributed by atoms with E-state index in [9.17, 15) is 4.79 Å². The molecule has 1 amide bonds. The third kappa shape index (κ3) is 2.96. The summed E-state index contributed by atoms with van der Waals surface area (Å²) in [5, 5.41) is 3.15. The third-order valence-electron chi connectivity index (χ3n) is 3.62. The second-order valence-corrected chi connectivity index (χ2v) is 4.99. The maximum atomic E-state index is 12.2. The summed E-state index contributed by atoms with van der Waals surface area (Å²) < 4.78 is 5.72. The second kappa shape index (κ2) is 6.00. The van der Waals surface area contributed by atoms with Crippen LogP contribution < -0.4 is 10.1 Å². The van der Waals surface area contributed by atoms with Crippen molar-refractivity contribution in [3.63, 3.8) is 0 Å². The molecule has 0 aromatic carbocycles. The molecular formula is C14H18N4O2. The van der Waals surface area contributed by atoms with Crippen molar-refractivity contribution in [2.24, 2.45) is 0 Å². The largest absolute Gasteiger partial charge is 0.460 e. The highest BCUT2D eigenvalue weighted by Crippen LogP contribution is 2.16. The summed E-state index contributed by atoms with van der Waals surface area (Å²) in [5.41, 5.74) is 0. The summed E-state index contributed by atoms with van der Waals surface area (Å²) in [6.07, 6.45) is 8.99. The Morgan fingerprint density at radius 1 is 1.30 bits per heavy atom. The summed E-state index contributed by atoms with van der Waals surface area (Å²) >= 11 is 0. The summed E-state index contributed by atoms with van der Waals surface area (Å²) in [5.74, 6) is 0.160. The number of ether oxygens (including phenoxy) is 1. The molecule has 0 saturated carbocycles. The number of nitrogens with one attached hydrogen (secondary N) is 1. The summed E-state index contributed by atoms with van der Waals surface area (Å²) in [4.78, 5) is 22.2. The first-order chi connectivity index (χ1) is 9.83. The monoisotopic (exact) mass is 274 g/mol. The highest BCUT2D eigenvalue weighted by molar-refractivity contribution is 5.84. The molecule has 1 unspecified atom stereocenters. The van der Waals surface area contributed by atoms with Gasteiger partial charge in [0.2, 0.25) is 5.91 Å². The number of nitrogens with zero attached hydrogens (tertiary/aromatic N) is 3. The average molecular weight is 274 g/mol. The van der Waals surface area contributed by atoms with Gasteiger partial charge in [-0.25, -0.2) is 9.97 Å². The summed E-state index contributed by atoms with van der Waals surface area (Å²) in [6.45, 7) is 2.23. The van der Waals surface area contributed by atoms with Crippen LogP contribution in [0.2, 0.25) is 0 Å². The van der Waals surface area contributed by atoms with Crippen LogP contribution in [0.5, 0.6) is 6.01 Å². The van der Waals surface area contributed by atoms with Gasteiger partial charge in [-0.3, -0.25) is 10.1 Å². The van der Waals surface area contributed by atoms with Crippen LogP contribution in [-0.4, -0.2) is 52.6 Å². The number of carbonyl (C=O) groups excluding carboxylic acids is 1. The highest BCUT2D eigenvalue weighted by atomic mass is 16.5. The van der Waals surface area contributed by atoms with E-state index < -0.39 is 0 Å². The Kier molecular flexibility index (Phi) is 3.92. The fourth-order valence-corrected chi connectivity index (χ4v) is 2.52. The van der Waals surface area contributed by atoms with E-state index in [1.54, 1.807) is 18.5 Å². The quantitative estimate of drug-likeness (QED) is 0.807. The van der Waals surface area contributed by atoms with E-state index in [1.807, 2.05) is 17.1 Å². The first-order valence-corrected chi connectivity index (χ1v) is 6.95. The van der Waals surface area contributed by atoms with E-state index in [4.69, 9.17) is 4.74 Å². The van der Waals surface area contributed by atoms with Crippen LogP contribution in [0.3, 0.4) is 0 Å². The van der Waals surface area contributed by atoms with Crippen LogP contribution >= 0.6 is 0 Å². The van der Waals surface area contributed by atoms with Crippen molar-refractivity contribution in [3.8, 4) is 6.01 Å². The molecular weight excluding hydrogens is 256 g/mol. The van der Waals surface area contributed by atoms with Crippen molar-refractivity contribution in [3.05, 3.63) is 30.6 Å². The standard InChI is InChI=1S/C14H18N4O2/c19-13(12-3-1-6-15-12)18-9-4-11(5-10-18)20-14-16-7-2-8-17-14/h1-3,7-8,11-12,15H,4-6,9-10H2. The minimum atomic E-state index is -0.148. The molecule has 0 spiro atoms. The van der Waals surface area contributed by atoms with Crippen molar-refractivity contribution in [2.75, 3.05) is 19.6 Å². The van der Waals surface area contributed by atoms with E-state index in [0.29, 0.717) is 6.01 Å². The Morgan fingerprint density at radius 3 is 2.70 bits per heavy atom. The lowest BCUT2D eigenvalue weighted by Crippen LogP contribution is -2.48. The Hall–Kier alpha value is -1.95. The predicted molar refractivity (Wildman–Crippen MR) is 73.2 cm³/mol. The van der Waals surface area contributed by atoms with Crippen LogP contribution in [0, 0.1) is 0 Å². The van der Waals surface area contributed by atoms with Crippen molar-refractivity contribution in [1.82, 2.24) is 20.2 Å². The minimum Gasteiger partial charge on any atom is -0.460 e. The zero-order valence-electron chi connectivity index (χ0n) is 11.2. The number of piperidine rings is 1. The number of likely N-dealkylation sites (tertiary alicyclic amines) is 1. The number of hydrogen-bond acceptors (Lipinski definition) is 5. The lowest BCUT2D eigenvalue weighted by molar-refractivity contribution is -0.133. The van der Waals surface area contributed by atoms with E-state index >= 15 is 0 Å². The van der Waals surface area contributed by atoms with Gasteiger partial charge in [0.25, 0.3) is 0 Å². The second-order valence-electron chi connectivity index (χ2n) is 4.99. The van der Waals surface area contributed by atoms with Gasteiger partial charge in [-0.2, -0.15) is 0 Å². The Bertz CT molecular complexity index is 483. The number of hydrogen-bond donors (Lipinski definition) is 1. The maximum Gasteiger partial charge on any atom is 0.316 e. The van der Waals surface area contributed by atoms with Crippen molar-refractivity contribution >= 4 is 5.91 Å². The summed E-state index contributed by atoms with van der Waals surface area (Å²) in [7, 11) is 0. The normalized spacial score (nSPS) is 23.0. The van der Waals surface area contributed by atoms with Gasteiger partial charge in [-0.1, -0.05) is 12.2 Å². The Morgan fingerprint density at radius 2 is 2.05 bits per heavy atom. The third-order valence-corrected chi connectivity index (χ3v) is 3.62. The van der Waals surface area contributed by atoms with Gasteiger partial charge in [0.15, 0.2) is 0 Å². The molecule has 2 aliphatic rings. The van der Waals surface area contributed by atoms with Gasteiger partial charge in [-0.05, 0) is 6.07 Å². The summed E-state index contributed by atoms with van der Waals surface area (Å²) in [6, 6.07) is 2.03. The van der Waals surface area contributed by atoms with Gasteiger partial charge in [0.1, 0.15) is 12.1 Å². The smallest absolute Gasteiger partial charge is 0.316 e. The SMILES string of the molecule is O=C(C1C=CCN1)N1CCC(Oc2ncccn2)CC1. The molecule has 3 heterocycles. The molecule has 0 radical (unpaired) electrons. The van der Waals surface area contributed by atoms with E-state index in [2.05, 4.69) is 15.3 Å². The van der Waals surface area contributed by atoms with Crippen molar-refractivity contribution in [2.45, 2.75) is 25.0 Å². The molecule has 6 nitrogen and oxygen atoms in total. The first kappa shape index (κ1) is 13.1. The van der Waals surface area contributed by atoms with Gasteiger partial charge < -0.3 is 9.64 Å². The molecule has 2 aliphatic heterocycles. The maximum absolute atomic E-state index is 12.2. The zero-order valence-corrected chi connectivity index (χ0v) is 11.2. The zero-order chi connectivity index (χ0) is 13.8. The topological polar surface area (TPSA) is 67.4 Å². The molecule has 1 saturated heterocycles. The molecule has 3 rings (SSSR count). The van der Waals surface area contributed by atoms with E-state index in [0.717, 1.165) is 32.5 Å². The Balaban J connectivity index is 1.49. The number of aromatic nitrogens is 2. The first-order valence-electron chi connectivity index (χ1n) is 6.95. The molecule has 1 fully saturated rings. The molecule has 0 bridgehead atoms. The van der Waals surface area contributed by atoms with E-state index in [-0.39, 0.29) is 18.1 Å². The molecule has 6 heteroatoms. The minimum absolute atomic E-state index is 0.0912. The molecule has 1 aromatic rings. The van der Waals surface area contributed by atoms with Crippen LogP contribution in [-0.2, 0) is 4.79 Å². The lowest BCUT2D eigenvalue weighted by atomic mass is 10.1. The van der Waals surface area contributed by atoms with Crippen molar-refractivity contribution in [1.29, 1.82) is 0 Å². The highest BCUT2D eigenvalue weighted by Gasteiger charge is 2.28. The average Bonchev–Trinajstić information content (AvgIpc) is 3.03. The van der Waals surface area contributed by atoms with Gasteiger partial charge >= 0.3 is 6.01 Å². The fraction of sp³-hybridized carbons (Fsp3) is 0.500. The van der Waals surface area contributed by atoms with Gasteiger partial charge in [-0.15, -0.1) is 0 Å². The molecule has 1 N–H and O–H groups in total. The van der Waals surface area contributed by atoms with E-state index in [1.165, 1.54) is 0 Å². The Labute approximate surface area is 117 Å².